The zero-order valence-corrected chi connectivity index (χ0v) is 10.8. The van der Waals surface area contributed by atoms with Gasteiger partial charge in [0.25, 0.3) is 5.91 Å². The molecule has 0 saturated carbocycles. The van der Waals surface area contributed by atoms with Crippen molar-refractivity contribution < 1.29 is 9.90 Å². The standard InChI is InChI=1S/C12H15N5O2/c1-8(2)3-4-13-11-10-12(15-6-14-11)17(7-16-10)9(19)5-18/h3,6-7,18H,4-5H2,1-2H3,(H,13,14,15). The molecule has 0 fully saturated rings. The Hall–Kier alpha value is -2.28. The number of nitrogens with zero attached hydrogens (tertiary/aromatic N) is 4. The third-order valence-electron chi connectivity index (χ3n) is 2.52. The number of rotatable bonds is 4. The second-order valence-electron chi connectivity index (χ2n) is 4.22. The second-order valence-corrected chi connectivity index (χ2v) is 4.22. The van der Waals surface area contributed by atoms with Crippen LogP contribution in [0.15, 0.2) is 24.3 Å². The van der Waals surface area contributed by atoms with Crippen LogP contribution >= 0.6 is 0 Å². The SMILES string of the molecule is CC(C)=CCNc1ncnc2c1ncn2C(=O)CO. The fraction of sp³-hybridized carbons (Fsp3) is 0.333. The first-order valence-electron chi connectivity index (χ1n) is 5.83. The largest absolute Gasteiger partial charge is 0.387 e. The highest BCUT2D eigenvalue weighted by molar-refractivity contribution is 5.92. The topological polar surface area (TPSA) is 92.9 Å². The van der Waals surface area contributed by atoms with Crippen molar-refractivity contribution in [3.05, 3.63) is 24.3 Å². The van der Waals surface area contributed by atoms with Gasteiger partial charge in [0.15, 0.2) is 17.0 Å². The Kier molecular flexibility index (Phi) is 3.86. The number of carbonyl (C=O) groups is 1. The molecular weight excluding hydrogens is 246 g/mol. The zero-order chi connectivity index (χ0) is 13.8. The highest BCUT2D eigenvalue weighted by Crippen LogP contribution is 2.16. The maximum Gasteiger partial charge on any atom is 0.259 e. The zero-order valence-electron chi connectivity index (χ0n) is 10.8. The number of fused-ring (bicyclic) bond motifs is 1. The molecule has 7 nitrogen and oxygen atoms in total. The van der Waals surface area contributed by atoms with E-state index >= 15 is 0 Å². The van der Waals surface area contributed by atoms with Crippen LogP contribution in [0.25, 0.3) is 11.2 Å². The molecule has 0 aliphatic carbocycles. The number of carbonyl (C=O) groups excluding carboxylic acids is 1. The van der Waals surface area contributed by atoms with E-state index in [-0.39, 0.29) is 0 Å². The summed E-state index contributed by atoms with van der Waals surface area (Å²) in [5.41, 5.74) is 2.08. The number of hydrogen-bond donors (Lipinski definition) is 2. The van der Waals surface area contributed by atoms with Crippen molar-refractivity contribution in [1.82, 2.24) is 19.5 Å². The van der Waals surface area contributed by atoms with Crippen LogP contribution in [-0.4, -0.2) is 43.7 Å². The molecule has 2 N–H and O–H groups in total. The lowest BCUT2D eigenvalue weighted by Gasteiger charge is -2.03. The fourth-order valence-corrected chi connectivity index (χ4v) is 1.57. The molecule has 0 unspecified atom stereocenters. The Morgan fingerprint density at radius 2 is 2.21 bits per heavy atom. The molecule has 0 aromatic carbocycles. The van der Waals surface area contributed by atoms with Crippen LogP contribution in [0.2, 0.25) is 0 Å². The molecule has 0 saturated heterocycles. The lowest BCUT2D eigenvalue weighted by molar-refractivity contribution is 0.0823. The van der Waals surface area contributed by atoms with Gasteiger partial charge in [-0.05, 0) is 13.8 Å². The summed E-state index contributed by atoms with van der Waals surface area (Å²) in [6, 6.07) is 0. The van der Waals surface area contributed by atoms with E-state index in [1.165, 1.54) is 22.8 Å². The first-order valence-corrected chi connectivity index (χ1v) is 5.83. The Balaban J connectivity index is 2.34. The van der Waals surface area contributed by atoms with Crippen molar-refractivity contribution in [3.63, 3.8) is 0 Å². The highest BCUT2D eigenvalue weighted by atomic mass is 16.3. The number of nitrogens with one attached hydrogen (secondary N) is 1. The quantitative estimate of drug-likeness (QED) is 0.792. The number of aliphatic hydroxyl groups is 1. The van der Waals surface area contributed by atoms with Gasteiger partial charge in [-0.3, -0.25) is 9.36 Å². The van der Waals surface area contributed by atoms with Crippen LogP contribution in [-0.2, 0) is 0 Å². The number of anilines is 1. The van der Waals surface area contributed by atoms with Crippen LogP contribution in [0.5, 0.6) is 0 Å². The molecule has 2 aromatic rings. The third kappa shape index (κ3) is 2.76. The van der Waals surface area contributed by atoms with Crippen molar-refractivity contribution in [3.8, 4) is 0 Å². The van der Waals surface area contributed by atoms with Gasteiger partial charge in [-0.2, -0.15) is 0 Å². The molecule has 0 atom stereocenters. The molecule has 0 bridgehead atoms. The van der Waals surface area contributed by atoms with Crippen LogP contribution in [0.1, 0.15) is 18.6 Å². The predicted molar refractivity (Wildman–Crippen MR) is 71.0 cm³/mol. The molecule has 2 aromatic heterocycles. The van der Waals surface area contributed by atoms with E-state index in [0.717, 1.165) is 0 Å². The number of allylic oxidation sites excluding steroid dienone is 1. The van der Waals surface area contributed by atoms with Gasteiger partial charge in [0.05, 0.1) is 0 Å². The van der Waals surface area contributed by atoms with Gasteiger partial charge >= 0.3 is 0 Å². The predicted octanol–water partition coefficient (Wildman–Crippen LogP) is 0.837. The number of aromatic nitrogens is 4. The maximum atomic E-state index is 11.5. The first-order chi connectivity index (χ1) is 9.13. The average Bonchev–Trinajstić information content (AvgIpc) is 2.82. The highest BCUT2D eigenvalue weighted by Gasteiger charge is 2.13. The summed E-state index contributed by atoms with van der Waals surface area (Å²) in [7, 11) is 0. The Labute approximate surface area is 110 Å². The molecule has 0 spiro atoms. The Bertz CT molecular complexity index is 628. The summed E-state index contributed by atoms with van der Waals surface area (Å²) in [5.74, 6) is 0.0865. The number of imidazole rings is 1. The molecule has 0 aliphatic rings. The average molecular weight is 261 g/mol. The summed E-state index contributed by atoms with van der Waals surface area (Å²) >= 11 is 0. The minimum Gasteiger partial charge on any atom is -0.387 e. The Morgan fingerprint density at radius 1 is 1.42 bits per heavy atom. The van der Waals surface area contributed by atoms with Gasteiger partial charge in [-0.15, -0.1) is 0 Å². The lowest BCUT2D eigenvalue weighted by atomic mass is 10.3. The van der Waals surface area contributed by atoms with Crippen molar-refractivity contribution in [2.24, 2.45) is 0 Å². The minimum atomic E-state index is -0.587. The van der Waals surface area contributed by atoms with Gasteiger partial charge in [0.1, 0.15) is 19.3 Å². The maximum absolute atomic E-state index is 11.5. The molecule has 0 aliphatic heterocycles. The van der Waals surface area contributed by atoms with Crippen molar-refractivity contribution in [2.75, 3.05) is 18.5 Å². The smallest absolute Gasteiger partial charge is 0.259 e. The van der Waals surface area contributed by atoms with Crippen molar-refractivity contribution in [1.29, 1.82) is 0 Å². The van der Waals surface area contributed by atoms with Gasteiger partial charge < -0.3 is 10.4 Å². The summed E-state index contributed by atoms with van der Waals surface area (Å²) < 4.78 is 1.21. The fourth-order valence-electron chi connectivity index (χ4n) is 1.57. The van der Waals surface area contributed by atoms with Gasteiger partial charge in [0.2, 0.25) is 0 Å². The minimum absolute atomic E-state index is 0.383. The van der Waals surface area contributed by atoms with Crippen LogP contribution < -0.4 is 5.32 Å². The van der Waals surface area contributed by atoms with E-state index in [1.807, 2.05) is 19.9 Å². The number of hydrogen-bond acceptors (Lipinski definition) is 6. The normalized spacial score (nSPS) is 10.5. The van der Waals surface area contributed by atoms with Gasteiger partial charge in [0, 0.05) is 6.54 Å². The van der Waals surface area contributed by atoms with Crippen LogP contribution in [0.3, 0.4) is 0 Å². The van der Waals surface area contributed by atoms with Crippen molar-refractivity contribution in [2.45, 2.75) is 13.8 Å². The van der Waals surface area contributed by atoms with E-state index in [1.54, 1.807) is 0 Å². The molecule has 7 heteroatoms. The lowest BCUT2D eigenvalue weighted by Crippen LogP contribution is -2.14. The summed E-state index contributed by atoms with van der Waals surface area (Å²) in [6.45, 7) is 4.04. The molecule has 0 radical (unpaired) electrons. The van der Waals surface area contributed by atoms with E-state index in [0.29, 0.717) is 23.5 Å². The van der Waals surface area contributed by atoms with E-state index < -0.39 is 12.5 Å². The molecule has 0 amide bonds. The molecule has 2 heterocycles. The summed E-state index contributed by atoms with van der Waals surface area (Å²) in [6.07, 6.45) is 4.71. The monoisotopic (exact) mass is 261 g/mol. The number of aliphatic hydroxyl groups excluding tert-OH is 1. The van der Waals surface area contributed by atoms with Crippen LogP contribution in [0, 0.1) is 0 Å². The molecule has 2 rings (SSSR count). The third-order valence-corrected chi connectivity index (χ3v) is 2.52. The molecule has 19 heavy (non-hydrogen) atoms. The van der Waals surface area contributed by atoms with Crippen molar-refractivity contribution >= 4 is 22.9 Å². The summed E-state index contributed by atoms with van der Waals surface area (Å²) in [4.78, 5) is 23.7. The van der Waals surface area contributed by atoms with E-state index in [2.05, 4.69) is 20.3 Å². The van der Waals surface area contributed by atoms with Crippen LogP contribution in [0.4, 0.5) is 5.82 Å². The summed E-state index contributed by atoms with van der Waals surface area (Å²) in [5, 5.41) is 12.0. The Morgan fingerprint density at radius 3 is 2.89 bits per heavy atom. The van der Waals surface area contributed by atoms with Gasteiger partial charge in [-0.1, -0.05) is 11.6 Å². The first kappa shape index (κ1) is 13.2. The van der Waals surface area contributed by atoms with E-state index in [4.69, 9.17) is 5.11 Å². The van der Waals surface area contributed by atoms with Gasteiger partial charge in [-0.25, -0.2) is 15.0 Å². The molecule has 100 valence electrons. The second kappa shape index (κ2) is 5.57. The molecular formula is C12H15N5O2. The van der Waals surface area contributed by atoms with E-state index in [9.17, 15) is 4.79 Å².